The van der Waals surface area contributed by atoms with Crippen molar-refractivity contribution in [3.63, 3.8) is 0 Å². The SMILES string of the molecule is O=C(C1CCCCN1S(=O)(=O)c1ccc(Cl)s1)N(Cc1ccco1)c1nc2c(F)cc(F)cc2s1. The molecule has 1 saturated heterocycles. The first-order valence-electron chi connectivity index (χ1n) is 10.6. The van der Waals surface area contributed by atoms with Crippen LogP contribution in [0.3, 0.4) is 0 Å². The Morgan fingerprint density at radius 3 is 2.77 bits per heavy atom. The number of carbonyl (C=O) groups excluding carboxylic acids is 1. The second kappa shape index (κ2) is 9.58. The maximum Gasteiger partial charge on any atom is 0.253 e. The summed E-state index contributed by atoms with van der Waals surface area (Å²) in [6, 6.07) is 7.11. The van der Waals surface area contributed by atoms with Gasteiger partial charge in [0.15, 0.2) is 10.9 Å². The largest absolute Gasteiger partial charge is 0.467 e. The second-order valence-electron chi connectivity index (χ2n) is 7.92. The first-order chi connectivity index (χ1) is 16.7. The minimum atomic E-state index is -3.98. The number of carbonyl (C=O) groups is 1. The summed E-state index contributed by atoms with van der Waals surface area (Å²) in [5.74, 6) is -1.69. The average Bonchev–Trinajstić information content (AvgIpc) is 3.58. The third kappa shape index (κ3) is 4.73. The molecule has 0 aliphatic carbocycles. The third-order valence-electron chi connectivity index (χ3n) is 5.64. The van der Waals surface area contributed by atoms with E-state index in [1.807, 2.05) is 0 Å². The Labute approximate surface area is 212 Å². The van der Waals surface area contributed by atoms with Crippen LogP contribution in [0.1, 0.15) is 25.0 Å². The Balaban J connectivity index is 1.55. The molecule has 3 aromatic heterocycles. The zero-order valence-electron chi connectivity index (χ0n) is 18.0. The van der Waals surface area contributed by atoms with Crippen LogP contribution in [-0.2, 0) is 21.4 Å². The van der Waals surface area contributed by atoms with Gasteiger partial charge < -0.3 is 4.42 Å². The lowest BCUT2D eigenvalue weighted by atomic mass is 10.0. The van der Waals surface area contributed by atoms with E-state index in [0.29, 0.717) is 29.4 Å². The number of halogens is 3. The zero-order valence-corrected chi connectivity index (χ0v) is 21.2. The van der Waals surface area contributed by atoms with Gasteiger partial charge in [-0.3, -0.25) is 9.69 Å². The van der Waals surface area contributed by atoms with Crippen molar-refractivity contribution in [3.8, 4) is 0 Å². The molecule has 35 heavy (non-hydrogen) atoms. The fourth-order valence-electron chi connectivity index (χ4n) is 4.03. The van der Waals surface area contributed by atoms with E-state index in [-0.39, 0.29) is 32.6 Å². The number of anilines is 1. The number of thiophene rings is 1. The van der Waals surface area contributed by atoms with Crippen molar-refractivity contribution in [2.75, 3.05) is 11.4 Å². The summed E-state index contributed by atoms with van der Waals surface area (Å²) >= 11 is 7.83. The maximum absolute atomic E-state index is 14.3. The monoisotopic (exact) mass is 557 g/mol. The molecule has 1 aliphatic heterocycles. The van der Waals surface area contributed by atoms with Gasteiger partial charge in [-0.25, -0.2) is 22.2 Å². The summed E-state index contributed by atoms with van der Waals surface area (Å²) < 4.78 is 62.1. The minimum Gasteiger partial charge on any atom is -0.467 e. The lowest BCUT2D eigenvalue weighted by Gasteiger charge is -2.35. The number of rotatable bonds is 6. The molecule has 1 unspecified atom stereocenters. The molecule has 184 valence electrons. The second-order valence-corrected chi connectivity index (χ2v) is 12.8. The van der Waals surface area contributed by atoms with Crippen LogP contribution in [0.25, 0.3) is 10.2 Å². The highest BCUT2D eigenvalue weighted by Crippen LogP contribution is 2.36. The minimum absolute atomic E-state index is 0.0506. The first-order valence-corrected chi connectivity index (χ1v) is 14.1. The fourth-order valence-corrected chi connectivity index (χ4v) is 8.30. The zero-order chi connectivity index (χ0) is 24.7. The van der Waals surface area contributed by atoms with E-state index in [4.69, 9.17) is 16.0 Å². The van der Waals surface area contributed by atoms with Crippen molar-refractivity contribution in [3.05, 3.63) is 64.4 Å². The predicted octanol–water partition coefficient (Wildman–Crippen LogP) is 5.66. The maximum atomic E-state index is 14.3. The molecule has 4 heterocycles. The Hall–Kier alpha value is -2.38. The van der Waals surface area contributed by atoms with Gasteiger partial charge in [-0.15, -0.1) is 11.3 Å². The van der Waals surface area contributed by atoms with E-state index in [9.17, 15) is 22.0 Å². The summed E-state index contributed by atoms with van der Waals surface area (Å²) in [5.41, 5.74) is -0.0648. The van der Waals surface area contributed by atoms with E-state index in [2.05, 4.69) is 4.98 Å². The Morgan fingerprint density at radius 1 is 1.23 bits per heavy atom. The number of fused-ring (bicyclic) bond motifs is 1. The number of hydrogen-bond acceptors (Lipinski definition) is 7. The van der Waals surface area contributed by atoms with Crippen LogP contribution < -0.4 is 4.90 Å². The van der Waals surface area contributed by atoms with Crippen molar-refractivity contribution in [2.24, 2.45) is 0 Å². The Morgan fingerprint density at radius 2 is 2.06 bits per heavy atom. The van der Waals surface area contributed by atoms with Crippen molar-refractivity contribution in [1.82, 2.24) is 9.29 Å². The molecule has 0 saturated carbocycles. The number of nitrogens with zero attached hydrogens (tertiary/aromatic N) is 3. The van der Waals surface area contributed by atoms with Crippen molar-refractivity contribution < 1.29 is 26.4 Å². The van der Waals surface area contributed by atoms with Gasteiger partial charge in [-0.1, -0.05) is 29.4 Å². The topological polar surface area (TPSA) is 83.7 Å². The van der Waals surface area contributed by atoms with E-state index in [1.54, 1.807) is 12.1 Å². The third-order valence-corrected chi connectivity index (χ3v) is 10.3. The highest BCUT2D eigenvalue weighted by atomic mass is 35.5. The lowest BCUT2D eigenvalue weighted by Crippen LogP contribution is -2.52. The number of furan rings is 1. The number of sulfonamides is 1. The van der Waals surface area contributed by atoms with E-state index >= 15 is 0 Å². The van der Waals surface area contributed by atoms with Crippen LogP contribution >= 0.6 is 34.3 Å². The fraction of sp³-hybridized carbons (Fsp3) is 0.273. The molecule has 1 aromatic carbocycles. The van der Waals surface area contributed by atoms with Gasteiger partial charge in [-0.05, 0) is 43.2 Å². The number of piperidine rings is 1. The smallest absolute Gasteiger partial charge is 0.253 e. The van der Waals surface area contributed by atoms with Crippen LogP contribution in [0.15, 0.2) is 51.3 Å². The molecule has 0 N–H and O–H groups in total. The molecule has 1 fully saturated rings. The highest BCUT2D eigenvalue weighted by molar-refractivity contribution is 7.91. The average molecular weight is 558 g/mol. The van der Waals surface area contributed by atoms with Crippen molar-refractivity contribution in [2.45, 2.75) is 36.1 Å². The van der Waals surface area contributed by atoms with Gasteiger partial charge >= 0.3 is 0 Å². The highest BCUT2D eigenvalue weighted by Gasteiger charge is 2.41. The molecule has 4 aromatic rings. The lowest BCUT2D eigenvalue weighted by molar-refractivity contribution is -0.123. The van der Waals surface area contributed by atoms with E-state index in [0.717, 1.165) is 34.8 Å². The molecular formula is C22H18ClF2N3O4S3. The Bertz CT molecular complexity index is 1490. The van der Waals surface area contributed by atoms with Crippen LogP contribution in [-0.4, -0.2) is 36.2 Å². The Kier molecular flexibility index (Phi) is 6.66. The van der Waals surface area contributed by atoms with Crippen molar-refractivity contribution in [1.29, 1.82) is 0 Å². The molecule has 0 bridgehead atoms. The molecule has 0 spiro atoms. The van der Waals surface area contributed by atoms with Crippen molar-refractivity contribution >= 4 is 65.6 Å². The van der Waals surface area contributed by atoms with Gasteiger partial charge in [0, 0.05) is 12.6 Å². The van der Waals surface area contributed by atoms with Gasteiger partial charge in [-0.2, -0.15) is 4.31 Å². The molecule has 1 atom stereocenters. The van der Waals surface area contributed by atoms with Crippen LogP contribution in [0.5, 0.6) is 0 Å². The number of aromatic nitrogens is 1. The predicted molar refractivity (Wildman–Crippen MR) is 130 cm³/mol. The number of benzene rings is 1. The molecule has 13 heteroatoms. The van der Waals surface area contributed by atoms with Crippen LogP contribution in [0, 0.1) is 11.6 Å². The van der Waals surface area contributed by atoms with Gasteiger partial charge in [0.1, 0.15) is 27.3 Å². The summed E-state index contributed by atoms with van der Waals surface area (Å²) in [5, 5.41) is 0.119. The van der Waals surface area contributed by atoms with Crippen LogP contribution in [0.4, 0.5) is 13.9 Å². The van der Waals surface area contributed by atoms with Crippen LogP contribution in [0.2, 0.25) is 4.34 Å². The summed E-state index contributed by atoms with van der Waals surface area (Å²) in [7, 11) is -3.98. The van der Waals surface area contributed by atoms with Gasteiger partial charge in [0.05, 0.1) is 21.8 Å². The number of hydrogen-bond donors (Lipinski definition) is 0. The molecule has 1 amide bonds. The van der Waals surface area contributed by atoms with Gasteiger partial charge in [0.25, 0.3) is 10.0 Å². The standard InChI is InChI=1S/C22H18ClF2N3O4S3/c23-18-6-7-19(34-18)35(30,31)28-8-2-1-5-16(28)21(29)27(12-14-4-3-9-32-14)22-26-20-15(25)10-13(24)11-17(20)33-22/h3-4,6-7,9-11,16H,1-2,5,8,12H2. The quantitative estimate of drug-likeness (QED) is 0.305. The molecular weight excluding hydrogens is 540 g/mol. The van der Waals surface area contributed by atoms with Gasteiger partial charge in [0.2, 0.25) is 5.91 Å². The molecule has 5 rings (SSSR count). The van der Waals surface area contributed by atoms with E-state index < -0.39 is 33.6 Å². The molecule has 1 aliphatic rings. The summed E-state index contributed by atoms with van der Waals surface area (Å²) in [4.78, 5) is 19.4. The number of amides is 1. The first kappa shape index (κ1) is 24.3. The van der Waals surface area contributed by atoms with E-state index in [1.165, 1.54) is 27.6 Å². The summed E-state index contributed by atoms with van der Waals surface area (Å²) in [6.45, 7) is 0.119. The molecule has 0 radical (unpaired) electrons. The number of thiazole rings is 1. The molecule has 7 nitrogen and oxygen atoms in total. The normalized spacial score (nSPS) is 17.2. The summed E-state index contributed by atoms with van der Waals surface area (Å²) in [6.07, 6.45) is 3.01.